The molecule has 0 bridgehead atoms. The highest BCUT2D eigenvalue weighted by Gasteiger charge is 2.35. The summed E-state index contributed by atoms with van der Waals surface area (Å²) in [5, 5.41) is 0. The molecule has 0 saturated carbocycles. The van der Waals surface area contributed by atoms with Gasteiger partial charge in [0.15, 0.2) is 11.8 Å². The third-order valence-electron chi connectivity index (χ3n) is 3.54. The predicted molar refractivity (Wildman–Crippen MR) is 69.3 cm³/mol. The van der Waals surface area contributed by atoms with Crippen molar-refractivity contribution in [2.45, 2.75) is 46.1 Å². The quantitative estimate of drug-likeness (QED) is 0.698. The zero-order chi connectivity index (χ0) is 10.8. The maximum Gasteiger partial charge on any atom is 0.159 e. The average molecular weight is 219 g/mol. The standard InChI is InChI=1S/C13H19N2.CH4/c1-4-13-12(8-10(2)15(13)3)11-6-5-7-14-9-11;/h5-7,9-10,12H,4,8H2,1-3H3;1H4/q+1;/t10-,12+;/m0./s1. The summed E-state index contributed by atoms with van der Waals surface area (Å²) in [6.45, 7) is 4.54. The van der Waals surface area contributed by atoms with Gasteiger partial charge in [-0.3, -0.25) is 4.98 Å². The maximum absolute atomic E-state index is 4.22. The van der Waals surface area contributed by atoms with Crippen molar-refractivity contribution in [2.75, 3.05) is 7.05 Å². The summed E-state index contributed by atoms with van der Waals surface area (Å²) in [4.78, 5) is 4.22. The molecule has 0 amide bonds. The predicted octanol–water partition coefficient (Wildman–Crippen LogP) is 3.09. The van der Waals surface area contributed by atoms with E-state index in [0.29, 0.717) is 12.0 Å². The smallest absolute Gasteiger partial charge is 0.159 e. The minimum absolute atomic E-state index is 0. The fraction of sp³-hybridized carbons (Fsp3) is 0.571. The summed E-state index contributed by atoms with van der Waals surface area (Å²) in [6.07, 6.45) is 6.22. The fourth-order valence-electron chi connectivity index (χ4n) is 2.57. The monoisotopic (exact) mass is 219 g/mol. The lowest BCUT2D eigenvalue weighted by atomic mass is 9.92. The van der Waals surface area contributed by atoms with Crippen LogP contribution in [0, 0.1) is 0 Å². The Hall–Kier alpha value is -1.18. The van der Waals surface area contributed by atoms with E-state index < -0.39 is 0 Å². The Bertz CT molecular complexity index is 368. The molecule has 0 aliphatic carbocycles. The zero-order valence-corrected chi connectivity index (χ0v) is 9.77. The second-order valence-electron chi connectivity index (χ2n) is 4.38. The van der Waals surface area contributed by atoms with Crippen LogP contribution in [0.5, 0.6) is 0 Å². The van der Waals surface area contributed by atoms with Crippen molar-refractivity contribution in [2.24, 2.45) is 0 Å². The van der Waals surface area contributed by atoms with Crippen LogP contribution in [0.3, 0.4) is 0 Å². The molecule has 1 aromatic rings. The van der Waals surface area contributed by atoms with Gasteiger partial charge in [-0.15, -0.1) is 0 Å². The number of rotatable bonds is 2. The molecule has 16 heavy (non-hydrogen) atoms. The second-order valence-corrected chi connectivity index (χ2v) is 4.38. The van der Waals surface area contributed by atoms with Gasteiger partial charge in [-0.1, -0.05) is 20.4 Å². The Morgan fingerprint density at radius 2 is 2.25 bits per heavy atom. The maximum atomic E-state index is 4.22. The third-order valence-corrected chi connectivity index (χ3v) is 3.54. The van der Waals surface area contributed by atoms with Crippen molar-refractivity contribution in [1.82, 2.24) is 4.98 Å². The number of aromatic nitrogens is 1. The molecule has 0 N–H and O–H groups in total. The third kappa shape index (κ3) is 2.16. The highest BCUT2D eigenvalue weighted by molar-refractivity contribution is 5.87. The largest absolute Gasteiger partial charge is 0.264 e. The number of pyridine rings is 1. The Balaban J connectivity index is 0.00000128. The number of hydrogen-bond donors (Lipinski definition) is 0. The van der Waals surface area contributed by atoms with Gasteiger partial charge in [0.25, 0.3) is 0 Å². The molecule has 0 spiro atoms. The minimum Gasteiger partial charge on any atom is -0.264 e. The fourth-order valence-corrected chi connectivity index (χ4v) is 2.57. The molecular weight excluding hydrogens is 196 g/mol. The van der Waals surface area contributed by atoms with E-state index in [1.165, 1.54) is 12.0 Å². The van der Waals surface area contributed by atoms with E-state index in [1.807, 2.05) is 18.5 Å². The number of hydrogen-bond acceptors (Lipinski definition) is 1. The molecule has 0 unspecified atom stereocenters. The topological polar surface area (TPSA) is 15.9 Å². The first-order valence-corrected chi connectivity index (χ1v) is 5.72. The van der Waals surface area contributed by atoms with Gasteiger partial charge in [0.2, 0.25) is 0 Å². The molecule has 1 aliphatic rings. The van der Waals surface area contributed by atoms with Crippen LogP contribution in [-0.2, 0) is 0 Å². The average Bonchev–Trinajstić information content (AvgIpc) is 2.56. The summed E-state index contributed by atoms with van der Waals surface area (Å²) in [5.41, 5.74) is 2.92. The molecule has 2 heteroatoms. The van der Waals surface area contributed by atoms with Gasteiger partial charge in [-0.05, 0) is 18.6 Å². The van der Waals surface area contributed by atoms with Crippen molar-refractivity contribution in [3.63, 3.8) is 0 Å². The van der Waals surface area contributed by atoms with E-state index in [9.17, 15) is 0 Å². The molecule has 0 saturated heterocycles. The lowest BCUT2D eigenvalue weighted by Gasteiger charge is -2.07. The van der Waals surface area contributed by atoms with Crippen molar-refractivity contribution in [1.29, 1.82) is 0 Å². The van der Waals surface area contributed by atoms with Crippen molar-refractivity contribution in [3.8, 4) is 0 Å². The van der Waals surface area contributed by atoms with E-state index in [4.69, 9.17) is 0 Å². The van der Waals surface area contributed by atoms with Crippen LogP contribution >= 0.6 is 0 Å². The highest BCUT2D eigenvalue weighted by Crippen LogP contribution is 2.29. The van der Waals surface area contributed by atoms with Crippen LogP contribution in [-0.4, -0.2) is 28.4 Å². The summed E-state index contributed by atoms with van der Waals surface area (Å²) in [5.74, 6) is 0.587. The molecule has 0 fully saturated rings. The molecule has 2 atom stereocenters. The molecule has 1 aliphatic heterocycles. The molecule has 2 rings (SSSR count). The molecule has 2 heterocycles. The molecule has 2 nitrogen and oxygen atoms in total. The van der Waals surface area contributed by atoms with Crippen molar-refractivity contribution in [3.05, 3.63) is 30.1 Å². The first kappa shape index (κ1) is 12.9. The molecule has 88 valence electrons. The Kier molecular flexibility index (Phi) is 4.22. The van der Waals surface area contributed by atoms with E-state index >= 15 is 0 Å². The normalized spacial score (nSPS) is 24.4. The minimum atomic E-state index is 0. The summed E-state index contributed by atoms with van der Waals surface area (Å²) in [6, 6.07) is 4.88. The molecule has 1 aromatic heterocycles. The van der Waals surface area contributed by atoms with Gasteiger partial charge in [0.05, 0.1) is 5.92 Å². The first-order chi connectivity index (χ1) is 7.24. The Morgan fingerprint density at radius 1 is 1.50 bits per heavy atom. The van der Waals surface area contributed by atoms with Crippen LogP contribution in [0.2, 0.25) is 0 Å². The van der Waals surface area contributed by atoms with Gasteiger partial charge in [0.1, 0.15) is 7.05 Å². The summed E-state index contributed by atoms with van der Waals surface area (Å²) >= 11 is 0. The lowest BCUT2D eigenvalue weighted by Crippen LogP contribution is -2.17. The SMILES string of the molecule is C.CCC1=[N+](C)[C@@H](C)C[C@@H]1c1cccnc1. The Labute approximate surface area is 99.0 Å². The highest BCUT2D eigenvalue weighted by atomic mass is 15.0. The molecule has 0 radical (unpaired) electrons. The van der Waals surface area contributed by atoms with Gasteiger partial charge in [-0.2, -0.15) is 0 Å². The van der Waals surface area contributed by atoms with Crippen LogP contribution in [0.15, 0.2) is 24.5 Å². The van der Waals surface area contributed by atoms with E-state index in [0.717, 1.165) is 6.42 Å². The first-order valence-electron chi connectivity index (χ1n) is 5.72. The van der Waals surface area contributed by atoms with Crippen LogP contribution in [0.25, 0.3) is 0 Å². The van der Waals surface area contributed by atoms with Crippen molar-refractivity contribution >= 4 is 5.71 Å². The van der Waals surface area contributed by atoms with Gasteiger partial charge in [0, 0.05) is 25.2 Å². The summed E-state index contributed by atoms with van der Waals surface area (Å²) in [7, 11) is 2.21. The summed E-state index contributed by atoms with van der Waals surface area (Å²) < 4.78 is 2.43. The van der Waals surface area contributed by atoms with Gasteiger partial charge >= 0.3 is 0 Å². The zero-order valence-electron chi connectivity index (χ0n) is 9.77. The molecular formula is C14H23N2+. The van der Waals surface area contributed by atoms with Gasteiger partial charge < -0.3 is 0 Å². The lowest BCUT2D eigenvalue weighted by molar-refractivity contribution is -0.526. The van der Waals surface area contributed by atoms with E-state index in [2.05, 4.69) is 36.5 Å². The van der Waals surface area contributed by atoms with E-state index in [1.54, 1.807) is 5.71 Å². The molecule has 0 aromatic carbocycles. The number of nitrogens with zero attached hydrogens (tertiary/aromatic N) is 2. The van der Waals surface area contributed by atoms with Crippen LogP contribution < -0.4 is 0 Å². The van der Waals surface area contributed by atoms with Crippen LogP contribution in [0.1, 0.15) is 45.6 Å². The van der Waals surface area contributed by atoms with Crippen LogP contribution in [0.4, 0.5) is 0 Å². The van der Waals surface area contributed by atoms with E-state index in [-0.39, 0.29) is 7.43 Å². The van der Waals surface area contributed by atoms with Gasteiger partial charge in [-0.25, -0.2) is 4.58 Å². The second kappa shape index (κ2) is 5.24. The van der Waals surface area contributed by atoms with Crippen molar-refractivity contribution < 1.29 is 4.58 Å². The Morgan fingerprint density at radius 3 is 2.81 bits per heavy atom.